The van der Waals surface area contributed by atoms with Crippen LogP contribution in [0, 0.1) is 11.8 Å². The Balaban J connectivity index is 1.34. The standard InChI is InChI=1S/C15H28N2/c1-2-12-3-4-14(9-12)16-10-13-7-8-17(11-13)15-5-6-15/h12-16H,2-11H2,1H3. The van der Waals surface area contributed by atoms with Gasteiger partial charge in [-0.1, -0.05) is 13.3 Å². The Labute approximate surface area is 106 Å². The van der Waals surface area contributed by atoms with E-state index in [1.54, 1.807) is 0 Å². The summed E-state index contributed by atoms with van der Waals surface area (Å²) in [5.74, 6) is 1.95. The maximum atomic E-state index is 3.84. The third kappa shape index (κ3) is 3.03. The maximum Gasteiger partial charge on any atom is 0.00965 e. The van der Waals surface area contributed by atoms with Crippen LogP contribution < -0.4 is 5.32 Å². The first kappa shape index (κ1) is 12.0. The zero-order valence-corrected chi connectivity index (χ0v) is 11.3. The molecule has 0 bridgehead atoms. The van der Waals surface area contributed by atoms with E-state index in [0.29, 0.717) is 0 Å². The number of likely N-dealkylation sites (tertiary alicyclic amines) is 1. The second-order valence-electron chi connectivity index (χ2n) is 6.57. The van der Waals surface area contributed by atoms with Crippen LogP contribution >= 0.6 is 0 Å². The first-order chi connectivity index (χ1) is 8.35. The first-order valence-corrected chi connectivity index (χ1v) is 7.82. The smallest absolute Gasteiger partial charge is 0.00965 e. The lowest BCUT2D eigenvalue weighted by Gasteiger charge is -2.18. The summed E-state index contributed by atoms with van der Waals surface area (Å²) in [6, 6.07) is 1.82. The molecule has 1 saturated heterocycles. The number of nitrogens with zero attached hydrogens (tertiary/aromatic N) is 1. The van der Waals surface area contributed by atoms with Gasteiger partial charge in [-0.25, -0.2) is 0 Å². The first-order valence-electron chi connectivity index (χ1n) is 7.82. The van der Waals surface area contributed by atoms with Crippen molar-refractivity contribution in [1.82, 2.24) is 10.2 Å². The Morgan fingerprint density at radius 1 is 1.06 bits per heavy atom. The van der Waals surface area contributed by atoms with E-state index in [1.165, 1.54) is 64.6 Å². The van der Waals surface area contributed by atoms with Crippen molar-refractivity contribution in [2.24, 2.45) is 11.8 Å². The van der Waals surface area contributed by atoms with Crippen LogP contribution in [0.4, 0.5) is 0 Å². The van der Waals surface area contributed by atoms with E-state index in [2.05, 4.69) is 17.1 Å². The molecule has 98 valence electrons. The number of hydrogen-bond acceptors (Lipinski definition) is 2. The second kappa shape index (κ2) is 5.27. The van der Waals surface area contributed by atoms with E-state index in [0.717, 1.165) is 23.9 Å². The van der Waals surface area contributed by atoms with Gasteiger partial charge in [-0.2, -0.15) is 0 Å². The third-order valence-corrected chi connectivity index (χ3v) is 5.19. The van der Waals surface area contributed by atoms with Gasteiger partial charge in [-0.05, 0) is 63.5 Å². The van der Waals surface area contributed by atoms with Crippen LogP contribution in [0.2, 0.25) is 0 Å². The Hall–Kier alpha value is -0.0800. The van der Waals surface area contributed by atoms with Crippen molar-refractivity contribution in [2.75, 3.05) is 19.6 Å². The summed E-state index contributed by atoms with van der Waals surface area (Å²) in [6.07, 6.45) is 10.1. The monoisotopic (exact) mass is 236 g/mol. The molecule has 0 aromatic rings. The van der Waals surface area contributed by atoms with Crippen molar-refractivity contribution < 1.29 is 0 Å². The predicted molar refractivity (Wildman–Crippen MR) is 72.1 cm³/mol. The zero-order valence-electron chi connectivity index (χ0n) is 11.3. The quantitative estimate of drug-likeness (QED) is 0.789. The summed E-state index contributed by atoms with van der Waals surface area (Å²) >= 11 is 0. The molecule has 3 rings (SSSR count). The summed E-state index contributed by atoms with van der Waals surface area (Å²) in [5, 5.41) is 3.84. The lowest BCUT2D eigenvalue weighted by atomic mass is 10.1. The Kier molecular flexibility index (Phi) is 3.72. The lowest BCUT2D eigenvalue weighted by Crippen LogP contribution is -2.33. The van der Waals surface area contributed by atoms with Crippen LogP contribution in [0.3, 0.4) is 0 Å². The molecule has 3 aliphatic rings. The van der Waals surface area contributed by atoms with Crippen LogP contribution in [-0.4, -0.2) is 36.6 Å². The summed E-state index contributed by atoms with van der Waals surface area (Å²) in [6.45, 7) is 6.38. The second-order valence-corrected chi connectivity index (χ2v) is 6.57. The molecule has 0 amide bonds. The molecule has 0 aromatic carbocycles. The molecule has 1 aliphatic heterocycles. The highest BCUT2D eigenvalue weighted by Crippen LogP contribution is 2.32. The molecule has 0 radical (unpaired) electrons. The van der Waals surface area contributed by atoms with Gasteiger partial charge in [0, 0.05) is 18.6 Å². The summed E-state index contributed by atoms with van der Waals surface area (Å²) in [4.78, 5) is 2.73. The zero-order chi connectivity index (χ0) is 11.7. The normalized spacial score (nSPS) is 39.0. The predicted octanol–water partition coefficient (Wildman–Crippen LogP) is 2.64. The SMILES string of the molecule is CCC1CCC(NCC2CCN(C3CC3)C2)C1. The van der Waals surface area contributed by atoms with Gasteiger partial charge in [0.25, 0.3) is 0 Å². The largest absolute Gasteiger partial charge is 0.314 e. The van der Waals surface area contributed by atoms with E-state index in [1.807, 2.05) is 0 Å². The average molecular weight is 236 g/mol. The molecule has 2 aliphatic carbocycles. The van der Waals surface area contributed by atoms with Crippen molar-refractivity contribution in [3.8, 4) is 0 Å². The highest BCUT2D eigenvalue weighted by Gasteiger charge is 2.34. The minimum Gasteiger partial charge on any atom is -0.314 e. The maximum absolute atomic E-state index is 3.84. The van der Waals surface area contributed by atoms with Gasteiger partial charge in [-0.3, -0.25) is 0 Å². The minimum atomic E-state index is 0.843. The van der Waals surface area contributed by atoms with Crippen molar-refractivity contribution in [2.45, 2.75) is 64.0 Å². The van der Waals surface area contributed by atoms with Crippen LogP contribution in [0.25, 0.3) is 0 Å². The van der Waals surface area contributed by atoms with Crippen molar-refractivity contribution in [3.63, 3.8) is 0 Å². The molecule has 1 N–H and O–H groups in total. The lowest BCUT2D eigenvalue weighted by molar-refractivity contribution is 0.309. The molecule has 0 aromatic heterocycles. The fourth-order valence-corrected chi connectivity index (χ4v) is 3.77. The molecule has 2 heteroatoms. The minimum absolute atomic E-state index is 0.843. The Morgan fingerprint density at radius 3 is 2.65 bits per heavy atom. The van der Waals surface area contributed by atoms with Gasteiger partial charge < -0.3 is 10.2 Å². The number of nitrogens with one attached hydrogen (secondary N) is 1. The fraction of sp³-hybridized carbons (Fsp3) is 1.00. The van der Waals surface area contributed by atoms with E-state index in [-0.39, 0.29) is 0 Å². The number of rotatable bonds is 5. The molecule has 3 atom stereocenters. The summed E-state index contributed by atoms with van der Waals surface area (Å²) in [7, 11) is 0. The molecule has 3 unspecified atom stereocenters. The van der Waals surface area contributed by atoms with Gasteiger partial charge >= 0.3 is 0 Å². The van der Waals surface area contributed by atoms with Gasteiger partial charge in [0.2, 0.25) is 0 Å². The van der Waals surface area contributed by atoms with Crippen LogP contribution in [-0.2, 0) is 0 Å². The summed E-state index contributed by atoms with van der Waals surface area (Å²) < 4.78 is 0. The fourth-order valence-electron chi connectivity index (χ4n) is 3.77. The van der Waals surface area contributed by atoms with Crippen molar-refractivity contribution >= 4 is 0 Å². The average Bonchev–Trinajstić information content (AvgIpc) is 2.93. The van der Waals surface area contributed by atoms with Crippen LogP contribution in [0.1, 0.15) is 51.9 Å². The van der Waals surface area contributed by atoms with Gasteiger partial charge in [0.15, 0.2) is 0 Å². The van der Waals surface area contributed by atoms with E-state index >= 15 is 0 Å². The molecule has 0 spiro atoms. The molecular formula is C15H28N2. The van der Waals surface area contributed by atoms with E-state index < -0.39 is 0 Å². The molecule has 2 saturated carbocycles. The molecule has 3 fully saturated rings. The topological polar surface area (TPSA) is 15.3 Å². The van der Waals surface area contributed by atoms with Crippen molar-refractivity contribution in [3.05, 3.63) is 0 Å². The summed E-state index contributed by atoms with van der Waals surface area (Å²) in [5.41, 5.74) is 0. The third-order valence-electron chi connectivity index (χ3n) is 5.19. The highest BCUT2D eigenvalue weighted by molar-refractivity contribution is 4.90. The Bertz CT molecular complexity index is 249. The van der Waals surface area contributed by atoms with Gasteiger partial charge in [0.1, 0.15) is 0 Å². The van der Waals surface area contributed by atoms with Gasteiger partial charge in [-0.15, -0.1) is 0 Å². The van der Waals surface area contributed by atoms with Crippen LogP contribution in [0.15, 0.2) is 0 Å². The van der Waals surface area contributed by atoms with Crippen LogP contribution in [0.5, 0.6) is 0 Å². The Morgan fingerprint density at radius 2 is 1.94 bits per heavy atom. The molecule has 17 heavy (non-hydrogen) atoms. The molecule has 2 nitrogen and oxygen atoms in total. The number of hydrogen-bond donors (Lipinski definition) is 1. The molecule has 1 heterocycles. The highest BCUT2D eigenvalue weighted by atomic mass is 15.2. The van der Waals surface area contributed by atoms with Gasteiger partial charge in [0.05, 0.1) is 0 Å². The molecular weight excluding hydrogens is 208 g/mol. The van der Waals surface area contributed by atoms with E-state index in [9.17, 15) is 0 Å². The van der Waals surface area contributed by atoms with Crippen molar-refractivity contribution in [1.29, 1.82) is 0 Å². The van der Waals surface area contributed by atoms with E-state index in [4.69, 9.17) is 0 Å².